The van der Waals surface area contributed by atoms with Crippen LogP contribution in [0.2, 0.25) is 0 Å². The largest absolute Gasteiger partial charge is 0.507 e. The van der Waals surface area contributed by atoms with Gasteiger partial charge >= 0.3 is 12.2 Å². The average molecular weight is 489 g/mol. The summed E-state index contributed by atoms with van der Waals surface area (Å²) in [4.78, 5) is 46.1. The van der Waals surface area contributed by atoms with E-state index in [0.717, 1.165) is 50.9 Å². The van der Waals surface area contributed by atoms with Crippen molar-refractivity contribution in [2.45, 2.75) is 89.1 Å². The fraction of sp³-hybridized carbons (Fsp3) is 0.680. The first-order valence-corrected chi connectivity index (χ1v) is 12.8. The van der Waals surface area contributed by atoms with E-state index in [9.17, 15) is 14.4 Å². The molecule has 3 atom stereocenters. The second-order valence-corrected chi connectivity index (χ2v) is 9.66. The number of carbonyl (C=O) groups excluding carboxylic acids is 2. The topological polar surface area (TPSA) is 113 Å². The molecule has 3 unspecified atom stereocenters. The van der Waals surface area contributed by atoms with E-state index in [1.165, 1.54) is 0 Å². The molecule has 0 radical (unpaired) electrons. The highest BCUT2D eigenvalue weighted by atomic mass is 16.7. The van der Waals surface area contributed by atoms with E-state index < -0.39 is 12.4 Å². The van der Waals surface area contributed by atoms with Gasteiger partial charge in [-0.25, -0.2) is 9.59 Å². The van der Waals surface area contributed by atoms with E-state index in [1.54, 1.807) is 17.3 Å². The van der Waals surface area contributed by atoms with E-state index in [0.29, 0.717) is 32.2 Å². The first kappa shape index (κ1) is 25.1. The predicted octanol–water partition coefficient (Wildman–Crippen LogP) is 3.85. The van der Waals surface area contributed by atoms with E-state index in [4.69, 9.17) is 14.6 Å². The SMILES string of the molecule is CC1C(CCCCC(=O)N2CCCCC2OC(=O)O)OC(=O)N1C1CCN(c2ccncc2)CC1. The Morgan fingerprint density at radius 1 is 1.11 bits per heavy atom. The molecule has 2 amide bonds. The number of likely N-dealkylation sites (tertiary alicyclic amines) is 1. The monoisotopic (exact) mass is 488 g/mol. The van der Waals surface area contributed by atoms with Crippen LogP contribution in [0.1, 0.15) is 64.7 Å². The Hall–Kier alpha value is -3.04. The highest BCUT2D eigenvalue weighted by Gasteiger charge is 2.43. The van der Waals surface area contributed by atoms with Gasteiger partial charge < -0.3 is 24.4 Å². The van der Waals surface area contributed by atoms with Crippen LogP contribution in [-0.4, -0.2) is 82.1 Å². The van der Waals surface area contributed by atoms with Crippen LogP contribution in [0.3, 0.4) is 0 Å². The highest BCUT2D eigenvalue weighted by Crippen LogP contribution is 2.31. The summed E-state index contributed by atoms with van der Waals surface area (Å²) in [5, 5.41) is 8.92. The maximum Gasteiger partial charge on any atom is 0.507 e. The van der Waals surface area contributed by atoms with Crippen molar-refractivity contribution in [3.05, 3.63) is 24.5 Å². The molecule has 4 heterocycles. The Kier molecular flexibility index (Phi) is 8.30. The lowest BCUT2D eigenvalue weighted by Gasteiger charge is -2.38. The van der Waals surface area contributed by atoms with Crippen molar-refractivity contribution in [3.63, 3.8) is 0 Å². The van der Waals surface area contributed by atoms with Gasteiger partial charge in [-0.15, -0.1) is 0 Å². The van der Waals surface area contributed by atoms with Crippen LogP contribution >= 0.6 is 0 Å². The number of nitrogens with zero attached hydrogens (tertiary/aromatic N) is 4. The number of rotatable bonds is 8. The van der Waals surface area contributed by atoms with Gasteiger partial charge in [0.25, 0.3) is 0 Å². The molecule has 1 N–H and O–H groups in total. The van der Waals surface area contributed by atoms with Crippen molar-refractivity contribution >= 4 is 23.8 Å². The van der Waals surface area contributed by atoms with Gasteiger partial charge in [0.2, 0.25) is 5.91 Å². The molecular weight excluding hydrogens is 452 g/mol. The van der Waals surface area contributed by atoms with Crippen molar-refractivity contribution in [2.75, 3.05) is 24.5 Å². The molecule has 1 aromatic heterocycles. The average Bonchev–Trinajstić information content (AvgIpc) is 3.15. The summed E-state index contributed by atoms with van der Waals surface area (Å²) in [6.07, 6.45) is 7.71. The number of cyclic esters (lactones) is 1. The maximum absolute atomic E-state index is 12.7. The van der Waals surface area contributed by atoms with Crippen LogP contribution < -0.4 is 4.90 Å². The minimum atomic E-state index is -1.35. The third-order valence-corrected chi connectivity index (χ3v) is 7.46. The molecule has 10 nitrogen and oxygen atoms in total. The summed E-state index contributed by atoms with van der Waals surface area (Å²) < 4.78 is 10.6. The zero-order chi connectivity index (χ0) is 24.8. The van der Waals surface area contributed by atoms with Gasteiger partial charge in [-0.3, -0.25) is 14.7 Å². The molecule has 0 bridgehead atoms. The molecule has 192 valence electrons. The summed E-state index contributed by atoms with van der Waals surface area (Å²) >= 11 is 0. The number of unbranched alkanes of at least 4 members (excludes halogenated alkanes) is 1. The number of ether oxygens (including phenoxy) is 2. The number of carbonyl (C=O) groups is 3. The van der Waals surface area contributed by atoms with Crippen LogP contribution in [0.5, 0.6) is 0 Å². The molecule has 0 saturated carbocycles. The lowest BCUT2D eigenvalue weighted by molar-refractivity contribution is -0.146. The number of anilines is 1. The molecule has 0 spiro atoms. The van der Waals surface area contributed by atoms with E-state index in [1.807, 2.05) is 17.0 Å². The van der Waals surface area contributed by atoms with E-state index >= 15 is 0 Å². The smallest absolute Gasteiger partial charge is 0.450 e. The summed E-state index contributed by atoms with van der Waals surface area (Å²) in [5.41, 5.74) is 1.16. The first-order chi connectivity index (χ1) is 16.9. The van der Waals surface area contributed by atoms with Crippen LogP contribution in [-0.2, 0) is 14.3 Å². The molecule has 35 heavy (non-hydrogen) atoms. The number of carboxylic acid groups (broad SMARTS) is 1. The molecule has 4 rings (SSSR count). The fourth-order valence-corrected chi connectivity index (χ4v) is 5.56. The number of amides is 2. The van der Waals surface area contributed by atoms with Crippen LogP contribution in [0.25, 0.3) is 0 Å². The summed E-state index contributed by atoms with van der Waals surface area (Å²) in [7, 11) is 0. The number of piperidine rings is 2. The number of hydrogen-bond acceptors (Lipinski definition) is 7. The second kappa shape index (κ2) is 11.6. The summed E-state index contributed by atoms with van der Waals surface area (Å²) in [6, 6.07) is 4.20. The van der Waals surface area contributed by atoms with Gasteiger partial charge in [-0.05, 0) is 64.0 Å². The zero-order valence-electron chi connectivity index (χ0n) is 20.4. The van der Waals surface area contributed by atoms with Crippen LogP contribution in [0, 0.1) is 0 Å². The summed E-state index contributed by atoms with van der Waals surface area (Å²) in [5.74, 6) is -0.0741. The van der Waals surface area contributed by atoms with Crippen LogP contribution in [0.15, 0.2) is 24.5 Å². The quantitative estimate of drug-likeness (QED) is 0.434. The van der Waals surface area contributed by atoms with Crippen molar-refractivity contribution in [1.29, 1.82) is 0 Å². The van der Waals surface area contributed by atoms with E-state index in [2.05, 4.69) is 16.8 Å². The molecule has 3 aliphatic heterocycles. The van der Waals surface area contributed by atoms with Gasteiger partial charge in [0.15, 0.2) is 6.23 Å². The zero-order valence-corrected chi connectivity index (χ0v) is 20.4. The highest BCUT2D eigenvalue weighted by molar-refractivity contribution is 5.76. The van der Waals surface area contributed by atoms with Crippen molar-refractivity contribution in [3.8, 4) is 0 Å². The van der Waals surface area contributed by atoms with E-state index in [-0.39, 0.29) is 30.2 Å². The minimum absolute atomic E-state index is 0.00567. The third kappa shape index (κ3) is 6.15. The standard InChI is InChI=1S/C25H36N4O6/c1-18-21(6-2-3-7-22(30)28-15-5-4-8-23(28)35-25(32)33)34-24(31)29(18)20-11-16-27(17-12-20)19-9-13-26-14-10-19/h9-10,13-14,18,20-21,23H,2-8,11-12,15-17H2,1H3,(H,32,33). The van der Waals surface area contributed by atoms with Gasteiger partial charge in [0.05, 0.1) is 6.04 Å². The Bertz CT molecular complexity index is 876. The Balaban J connectivity index is 1.20. The predicted molar refractivity (Wildman–Crippen MR) is 128 cm³/mol. The second-order valence-electron chi connectivity index (χ2n) is 9.66. The van der Waals surface area contributed by atoms with Crippen molar-refractivity contribution in [2.24, 2.45) is 0 Å². The van der Waals surface area contributed by atoms with Gasteiger partial charge in [0.1, 0.15) is 6.10 Å². The lowest BCUT2D eigenvalue weighted by Crippen LogP contribution is -2.48. The molecule has 0 aromatic carbocycles. The molecule has 3 saturated heterocycles. The summed E-state index contributed by atoms with van der Waals surface area (Å²) in [6.45, 7) is 4.36. The number of pyridine rings is 1. The molecule has 0 aliphatic carbocycles. The Morgan fingerprint density at radius 3 is 2.57 bits per heavy atom. The lowest BCUT2D eigenvalue weighted by atomic mass is 9.98. The molecule has 1 aromatic rings. The first-order valence-electron chi connectivity index (χ1n) is 12.8. The molecule has 10 heteroatoms. The van der Waals surface area contributed by atoms with Gasteiger partial charge in [-0.2, -0.15) is 0 Å². The Labute approximate surface area is 206 Å². The van der Waals surface area contributed by atoms with Gasteiger partial charge in [-0.1, -0.05) is 0 Å². The van der Waals surface area contributed by atoms with Crippen molar-refractivity contribution in [1.82, 2.24) is 14.8 Å². The van der Waals surface area contributed by atoms with Gasteiger partial charge in [0, 0.05) is 56.6 Å². The molecule has 3 aliphatic rings. The Morgan fingerprint density at radius 2 is 1.86 bits per heavy atom. The van der Waals surface area contributed by atoms with Crippen LogP contribution in [0.4, 0.5) is 15.3 Å². The normalized spacial score (nSPS) is 25.5. The third-order valence-electron chi connectivity index (χ3n) is 7.46. The number of hydrogen-bond donors (Lipinski definition) is 1. The maximum atomic E-state index is 12.7. The fourth-order valence-electron chi connectivity index (χ4n) is 5.56. The number of aromatic nitrogens is 1. The molecule has 3 fully saturated rings. The molecular formula is C25H36N4O6. The van der Waals surface area contributed by atoms with Crippen molar-refractivity contribution < 1.29 is 29.0 Å². The minimum Gasteiger partial charge on any atom is -0.450 e.